The molecule has 0 N–H and O–H groups in total. The number of rotatable bonds is 4. The number of aromatic nitrogens is 2. The summed E-state index contributed by atoms with van der Waals surface area (Å²) < 4.78 is 6.67. The van der Waals surface area contributed by atoms with Gasteiger partial charge in [0.1, 0.15) is 0 Å². The van der Waals surface area contributed by atoms with Crippen LogP contribution in [0.5, 0.6) is 0 Å². The minimum Gasteiger partial charge on any atom is -0.406 e. The molecule has 0 fully saturated rings. The molecule has 0 saturated carbocycles. The monoisotopic (exact) mass is 221 g/mol. The van der Waals surface area contributed by atoms with Crippen molar-refractivity contribution >= 4 is 11.2 Å². The molecule has 0 atom stereocenters. The molecule has 0 aliphatic heterocycles. The van der Waals surface area contributed by atoms with Crippen molar-refractivity contribution in [2.24, 2.45) is 0 Å². The van der Waals surface area contributed by atoms with Crippen LogP contribution in [-0.2, 0) is 6.54 Å². The zero-order valence-electron chi connectivity index (χ0n) is 9.51. The van der Waals surface area contributed by atoms with Crippen molar-refractivity contribution in [1.82, 2.24) is 14.5 Å². The first-order chi connectivity index (χ1) is 7.68. The number of hydrogen-bond donors (Lipinski definition) is 0. The van der Waals surface area contributed by atoms with Crippen LogP contribution in [0.25, 0.3) is 11.2 Å². The van der Waals surface area contributed by atoms with E-state index in [1.54, 1.807) is 22.9 Å². The van der Waals surface area contributed by atoms with Crippen LogP contribution in [0.15, 0.2) is 27.5 Å². The maximum Gasteiger partial charge on any atom is 0.421 e. The zero-order valence-corrected chi connectivity index (χ0v) is 9.51. The van der Waals surface area contributed by atoms with E-state index in [0.717, 1.165) is 13.0 Å². The molecule has 0 saturated heterocycles. The van der Waals surface area contributed by atoms with E-state index < -0.39 is 0 Å². The number of aryl methyl sites for hydroxylation is 1. The Morgan fingerprint density at radius 1 is 1.50 bits per heavy atom. The van der Waals surface area contributed by atoms with Crippen LogP contribution in [0.4, 0.5) is 0 Å². The van der Waals surface area contributed by atoms with Gasteiger partial charge in [0, 0.05) is 12.7 Å². The van der Waals surface area contributed by atoms with E-state index >= 15 is 0 Å². The molecule has 2 aromatic rings. The molecule has 86 valence electrons. The van der Waals surface area contributed by atoms with Gasteiger partial charge in [0.15, 0.2) is 11.2 Å². The third-order valence-corrected chi connectivity index (χ3v) is 2.41. The molecule has 2 rings (SSSR count). The fourth-order valence-corrected chi connectivity index (χ4v) is 1.64. The third kappa shape index (κ3) is 2.14. The Labute approximate surface area is 93.3 Å². The quantitative estimate of drug-likeness (QED) is 0.771. The third-order valence-electron chi connectivity index (χ3n) is 2.41. The number of pyridine rings is 1. The first kappa shape index (κ1) is 10.9. The molecule has 0 aliphatic rings. The van der Waals surface area contributed by atoms with Gasteiger partial charge in [0.2, 0.25) is 0 Å². The first-order valence-electron chi connectivity index (χ1n) is 5.27. The fraction of sp³-hybridized carbons (Fsp3) is 0.455. The minimum absolute atomic E-state index is 0.326. The lowest BCUT2D eigenvalue weighted by Gasteiger charge is -2.08. The van der Waals surface area contributed by atoms with Gasteiger partial charge in [0.05, 0.1) is 0 Å². The lowest BCUT2D eigenvalue weighted by molar-refractivity contribution is 0.381. The summed E-state index contributed by atoms with van der Waals surface area (Å²) in [7, 11) is 4.02. The van der Waals surface area contributed by atoms with Crippen molar-refractivity contribution < 1.29 is 4.42 Å². The second kappa shape index (κ2) is 4.49. The van der Waals surface area contributed by atoms with E-state index in [1.807, 2.05) is 14.1 Å². The van der Waals surface area contributed by atoms with Gasteiger partial charge in [0.25, 0.3) is 0 Å². The zero-order chi connectivity index (χ0) is 11.5. The molecule has 0 amide bonds. The lowest BCUT2D eigenvalue weighted by Crippen LogP contribution is -2.19. The largest absolute Gasteiger partial charge is 0.421 e. The fourth-order valence-electron chi connectivity index (χ4n) is 1.64. The summed E-state index contributed by atoms with van der Waals surface area (Å²) in [6.07, 6.45) is 2.57. The van der Waals surface area contributed by atoms with Crippen molar-refractivity contribution in [2.45, 2.75) is 13.0 Å². The van der Waals surface area contributed by atoms with Crippen LogP contribution >= 0.6 is 0 Å². The molecule has 2 heterocycles. The highest BCUT2D eigenvalue weighted by molar-refractivity contribution is 5.67. The summed E-state index contributed by atoms with van der Waals surface area (Å²) >= 11 is 0. The average Bonchev–Trinajstić information content (AvgIpc) is 2.55. The molecule has 0 aliphatic carbocycles. The van der Waals surface area contributed by atoms with Crippen molar-refractivity contribution in [3.8, 4) is 0 Å². The smallest absolute Gasteiger partial charge is 0.406 e. The summed E-state index contributed by atoms with van der Waals surface area (Å²) in [5.41, 5.74) is 1.18. The minimum atomic E-state index is -0.326. The Morgan fingerprint density at radius 3 is 3.06 bits per heavy atom. The van der Waals surface area contributed by atoms with E-state index in [1.165, 1.54) is 0 Å². The van der Waals surface area contributed by atoms with E-state index in [9.17, 15) is 4.79 Å². The van der Waals surface area contributed by atoms with Gasteiger partial charge in [-0.15, -0.1) is 0 Å². The number of fused-ring (bicyclic) bond motifs is 1. The second-order valence-electron chi connectivity index (χ2n) is 4.00. The van der Waals surface area contributed by atoms with Gasteiger partial charge in [-0.25, -0.2) is 9.78 Å². The maximum atomic E-state index is 11.6. The normalized spacial score (nSPS) is 11.4. The van der Waals surface area contributed by atoms with Crippen molar-refractivity contribution in [3.63, 3.8) is 0 Å². The Balaban J connectivity index is 2.23. The molecule has 16 heavy (non-hydrogen) atoms. The molecular formula is C11H15N3O2. The highest BCUT2D eigenvalue weighted by atomic mass is 16.4. The average molecular weight is 221 g/mol. The SMILES string of the molecule is CN(C)CCCn1c(=O)oc2cccnc21. The predicted octanol–water partition coefficient (Wildman–Crippen LogP) is 0.941. The predicted molar refractivity (Wildman–Crippen MR) is 61.4 cm³/mol. The highest BCUT2D eigenvalue weighted by Gasteiger charge is 2.08. The molecule has 2 aromatic heterocycles. The van der Waals surface area contributed by atoms with E-state index in [-0.39, 0.29) is 5.76 Å². The van der Waals surface area contributed by atoms with Gasteiger partial charge in [-0.1, -0.05) is 0 Å². The van der Waals surface area contributed by atoms with Gasteiger partial charge in [-0.3, -0.25) is 4.57 Å². The van der Waals surface area contributed by atoms with Crippen molar-refractivity contribution in [1.29, 1.82) is 0 Å². The van der Waals surface area contributed by atoms with Crippen LogP contribution in [0.3, 0.4) is 0 Å². The summed E-state index contributed by atoms with van der Waals surface area (Å²) in [4.78, 5) is 17.8. The standard InChI is InChI=1S/C11H15N3O2/c1-13(2)7-4-8-14-10-9(16-11(14)15)5-3-6-12-10/h3,5-6H,4,7-8H2,1-2H3. The molecule has 0 radical (unpaired) electrons. The van der Waals surface area contributed by atoms with Crippen LogP contribution in [0.2, 0.25) is 0 Å². The summed E-state index contributed by atoms with van der Waals surface area (Å²) in [6.45, 7) is 1.58. The molecule has 0 spiro atoms. The van der Waals surface area contributed by atoms with E-state index in [2.05, 4.69) is 9.88 Å². The Bertz CT molecular complexity index is 527. The summed E-state index contributed by atoms with van der Waals surface area (Å²) in [6, 6.07) is 3.52. The highest BCUT2D eigenvalue weighted by Crippen LogP contribution is 2.08. The summed E-state index contributed by atoms with van der Waals surface area (Å²) in [5, 5.41) is 0. The molecule has 0 aromatic carbocycles. The Kier molecular flexibility index (Phi) is 3.05. The molecule has 5 heteroatoms. The maximum absolute atomic E-state index is 11.6. The molecular weight excluding hydrogens is 206 g/mol. The van der Waals surface area contributed by atoms with Crippen LogP contribution < -0.4 is 5.76 Å². The van der Waals surface area contributed by atoms with E-state index in [0.29, 0.717) is 17.8 Å². The lowest BCUT2D eigenvalue weighted by atomic mass is 10.4. The second-order valence-corrected chi connectivity index (χ2v) is 4.00. The van der Waals surface area contributed by atoms with E-state index in [4.69, 9.17) is 4.42 Å². The van der Waals surface area contributed by atoms with Gasteiger partial charge < -0.3 is 9.32 Å². The van der Waals surface area contributed by atoms with Crippen molar-refractivity contribution in [2.75, 3.05) is 20.6 Å². The molecule has 5 nitrogen and oxygen atoms in total. The van der Waals surface area contributed by atoms with Gasteiger partial charge >= 0.3 is 5.76 Å². The van der Waals surface area contributed by atoms with Crippen LogP contribution in [0.1, 0.15) is 6.42 Å². The van der Waals surface area contributed by atoms with Crippen LogP contribution in [0, 0.1) is 0 Å². The Hall–Kier alpha value is -1.62. The van der Waals surface area contributed by atoms with Gasteiger partial charge in [-0.05, 0) is 39.2 Å². The number of nitrogens with zero attached hydrogens (tertiary/aromatic N) is 3. The topological polar surface area (TPSA) is 51.3 Å². The first-order valence-corrected chi connectivity index (χ1v) is 5.27. The number of oxazole rings is 1. The Morgan fingerprint density at radius 2 is 2.31 bits per heavy atom. The molecule has 0 bridgehead atoms. The molecule has 0 unspecified atom stereocenters. The van der Waals surface area contributed by atoms with Crippen LogP contribution in [-0.4, -0.2) is 35.1 Å². The number of hydrogen-bond acceptors (Lipinski definition) is 4. The van der Waals surface area contributed by atoms with Crippen molar-refractivity contribution in [3.05, 3.63) is 28.9 Å². The summed E-state index contributed by atoms with van der Waals surface area (Å²) in [5.74, 6) is -0.326. The van der Waals surface area contributed by atoms with Gasteiger partial charge in [-0.2, -0.15) is 0 Å².